The van der Waals surface area contributed by atoms with E-state index in [1.165, 1.54) is 0 Å². The van der Waals surface area contributed by atoms with Crippen molar-refractivity contribution in [2.75, 3.05) is 16.8 Å². The number of carbonyl (C=O) groups is 1. The van der Waals surface area contributed by atoms with Crippen LogP contribution >= 0.6 is 0 Å². The molecule has 1 aliphatic rings. The number of pyridine rings is 2. The summed E-state index contributed by atoms with van der Waals surface area (Å²) in [7, 11) is 0. The summed E-state index contributed by atoms with van der Waals surface area (Å²) in [5.41, 5.74) is 2.87. The van der Waals surface area contributed by atoms with Gasteiger partial charge in [0.05, 0.1) is 11.2 Å². The van der Waals surface area contributed by atoms with Crippen LogP contribution in [0, 0.1) is 0 Å². The molecule has 2 aromatic heterocycles. The standard InChI is InChI=1S/C21H20N4O/c1-15-6-2-3-13-25(15)17-10-12-22-19(14-17)21(26)24-18-9-4-7-16-8-5-11-23-20(16)18/h2,4-12,14-15H,3,13H2,1H3,(H,24,26). The quantitative estimate of drug-likeness (QED) is 0.729. The second-order valence-electron chi connectivity index (χ2n) is 6.38. The van der Waals surface area contributed by atoms with E-state index in [2.05, 4.69) is 39.3 Å². The molecule has 1 atom stereocenters. The highest BCUT2D eigenvalue weighted by Gasteiger charge is 2.17. The van der Waals surface area contributed by atoms with Gasteiger partial charge in [0.2, 0.25) is 0 Å². The lowest BCUT2D eigenvalue weighted by atomic mass is 10.1. The van der Waals surface area contributed by atoms with Crippen molar-refractivity contribution >= 4 is 28.2 Å². The number of aromatic nitrogens is 2. The Balaban J connectivity index is 1.60. The maximum absolute atomic E-state index is 12.7. The van der Waals surface area contributed by atoms with E-state index in [0.29, 0.717) is 17.4 Å². The molecule has 5 heteroatoms. The number of rotatable bonds is 3. The van der Waals surface area contributed by atoms with Gasteiger partial charge in [-0.1, -0.05) is 30.4 Å². The van der Waals surface area contributed by atoms with Crippen LogP contribution in [-0.4, -0.2) is 28.5 Å². The number of fused-ring (bicyclic) bond motifs is 1. The normalized spacial score (nSPS) is 16.7. The van der Waals surface area contributed by atoms with Gasteiger partial charge < -0.3 is 10.2 Å². The monoisotopic (exact) mass is 344 g/mol. The molecule has 3 heterocycles. The number of para-hydroxylation sites is 1. The fraction of sp³-hybridized carbons (Fsp3) is 0.190. The van der Waals surface area contributed by atoms with Crippen LogP contribution in [0.2, 0.25) is 0 Å². The van der Waals surface area contributed by atoms with Crippen molar-refractivity contribution in [3.63, 3.8) is 0 Å². The lowest BCUT2D eigenvalue weighted by Gasteiger charge is -2.32. The fourth-order valence-corrected chi connectivity index (χ4v) is 3.29. The minimum atomic E-state index is -0.231. The smallest absolute Gasteiger partial charge is 0.274 e. The number of nitrogens with zero attached hydrogens (tertiary/aromatic N) is 3. The van der Waals surface area contributed by atoms with E-state index in [-0.39, 0.29) is 5.91 Å². The number of anilines is 2. The molecular weight excluding hydrogens is 324 g/mol. The lowest BCUT2D eigenvalue weighted by molar-refractivity contribution is 0.102. The lowest BCUT2D eigenvalue weighted by Crippen LogP contribution is -2.35. The summed E-state index contributed by atoms with van der Waals surface area (Å²) in [5.74, 6) is -0.231. The van der Waals surface area contributed by atoms with Crippen molar-refractivity contribution in [3.8, 4) is 0 Å². The average molecular weight is 344 g/mol. The molecule has 130 valence electrons. The highest BCUT2D eigenvalue weighted by molar-refractivity contribution is 6.07. The molecule has 1 unspecified atom stereocenters. The van der Waals surface area contributed by atoms with E-state index < -0.39 is 0 Å². The minimum absolute atomic E-state index is 0.231. The van der Waals surface area contributed by atoms with Crippen molar-refractivity contribution in [1.82, 2.24) is 9.97 Å². The first-order valence-corrected chi connectivity index (χ1v) is 8.77. The maximum atomic E-state index is 12.7. The zero-order valence-electron chi connectivity index (χ0n) is 14.6. The highest BCUT2D eigenvalue weighted by Crippen LogP contribution is 2.23. The molecule has 0 bridgehead atoms. The predicted octanol–water partition coefficient (Wildman–Crippen LogP) is 4.04. The second kappa shape index (κ2) is 6.96. The number of nitrogens with one attached hydrogen (secondary N) is 1. The van der Waals surface area contributed by atoms with Crippen molar-refractivity contribution in [3.05, 3.63) is 72.7 Å². The highest BCUT2D eigenvalue weighted by atomic mass is 16.1. The Morgan fingerprint density at radius 3 is 2.92 bits per heavy atom. The van der Waals surface area contributed by atoms with Gasteiger partial charge in [-0.05, 0) is 37.6 Å². The van der Waals surface area contributed by atoms with Gasteiger partial charge in [-0.15, -0.1) is 0 Å². The van der Waals surface area contributed by atoms with Crippen LogP contribution in [0.15, 0.2) is 67.0 Å². The third-order valence-electron chi connectivity index (χ3n) is 4.63. The van der Waals surface area contributed by atoms with E-state index >= 15 is 0 Å². The number of carbonyl (C=O) groups excluding carboxylic acids is 1. The molecule has 1 amide bonds. The molecule has 0 aliphatic carbocycles. The van der Waals surface area contributed by atoms with Crippen LogP contribution in [0.5, 0.6) is 0 Å². The van der Waals surface area contributed by atoms with E-state index in [9.17, 15) is 4.79 Å². The molecule has 0 fully saturated rings. The summed E-state index contributed by atoms with van der Waals surface area (Å²) in [5, 5.41) is 3.93. The van der Waals surface area contributed by atoms with E-state index in [1.807, 2.05) is 42.5 Å². The van der Waals surface area contributed by atoms with Gasteiger partial charge in [0, 0.05) is 36.1 Å². The van der Waals surface area contributed by atoms with Crippen LogP contribution in [0.3, 0.4) is 0 Å². The van der Waals surface area contributed by atoms with Crippen molar-refractivity contribution in [2.24, 2.45) is 0 Å². The first kappa shape index (κ1) is 16.3. The third-order valence-corrected chi connectivity index (χ3v) is 4.63. The predicted molar refractivity (Wildman–Crippen MR) is 104 cm³/mol. The molecule has 1 aromatic carbocycles. The van der Waals surface area contributed by atoms with E-state index in [1.54, 1.807) is 12.4 Å². The van der Waals surface area contributed by atoms with Crippen LogP contribution < -0.4 is 10.2 Å². The Kier molecular flexibility index (Phi) is 4.35. The molecule has 0 saturated heterocycles. The Bertz CT molecular complexity index is 977. The summed E-state index contributed by atoms with van der Waals surface area (Å²) in [6.07, 6.45) is 8.81. The Labute approximate surface area is 152 Å². The molecule has 5 nitrogen and oxygen atoms in total. The number of hydrogen-bond donors (Lipinski definition) is 1. The number of amides is 1. The summed E-state index contributed by atoms with van der Waals surface area (Å²) in [4.78, 5) is 23.7. The maximum Gasteiger partial charge on any atom is 0.274 e. The number of hydrogen-bond acceptors (Lipinski definition) is 4. The summed E-state index contributed by atoms with van der Waals surface area (Å²) in [6.45, 7) is 3.09. The molecule has 26 heavy (non-hydrogen) atoms. The zero-order chi connectivity index (χ0) is 17.9. The Morgan fingerprint density at radius 2 is 2.04 bits per heavy atom. The van der Waals surface area contributed by atoms with Crippen LogP contribution in [0.1, 0.15) is 23.8 Å². The Hall–Kier alpha value is -3.21. The fourth-order valence-electron chi connectivity index (χ4n) is 3.29. The first-order chi connectivity index (χ1) is 12.7. The van der Waals surface area contributed by atoms with Gasteiger partial charge in [0.1, 0.15) is 5.69 Å². The summed E-state index contributed by atoms with van der Waals surface area (Å²) >= 11 is 0. The molecule has 3 aromatic rings. The summed E-state index contributed by atoms with van der Waals surface area (Å²) < 4.78 is 0. The van der Waals surface area contributed by atoms with Crippen LogP contribution in [0.25, 0.3) is 10.9 Å². The van der Waals surface area contributed by atoms with Gasteiger partial charge in [-0.3, -0.25) is 14.8 Å². The van der Waals surface area contributed by atoms with Crippen molar-refractivity contribution in [1.29, 1.82) is 0 Å². The van der Waals surface area contributed by atoms with Gasteiger partial charge in [0.15, 0.2) is 0 Å². The first-order valence-electron chi connectivity index (χ1n) is 8.77. The SMILES string of the molecule is CC1C=CCCN1c1ccnc(C(=O)Nc2cccc3cccnc23)c1. The second-order valence-corrected chi connectivity index (χ2v) is 6.38. The molecule has 0 radical (unpaired) electrons. The Morgan fingerprint density at radius 1 is 1.15 bits per heavy atom. The van der Waals surface area contributed by atoms with E-state index in [4.69, 9.17) is 0 Å². The minimum Gasteiger partial charge on any atom is -0.365 e. The molecule has 1 N–H and O–H groups in total. The van der Waals surface area contributed by atoms with Gasteiger partial charge >= 0.3 is 0 Å². The molecule has 4 rings (SSSR count). The van der Waals surface area contributed by atoms with Crippen molar-refractivity contribution in [2.45, 2.75) is 19.4 Å². The summed E-state index contributed by atoms with van der Waals surface area (Å²) in [6, 6.07) is 13.7. The van der Waals surface area contributed by atoms with Gasteiger partial charge in [-0.25, -0.2) is 0 Å². The number of benzene rings is 1. The molecular formula is C21H20N4O. The largest absolute Gasteiger partial charge is 0.365 e. The van der Waals surface area contributed by atoms with Gasteiger partial charge in [-0.2, -0.15) is 0 Å². The topological polar surface area (TPSA) is 58.1 Å². The van der Waals surface area contributed by atoms with Crippen molar-refractivity contribution < 1.29 is 4.79 Å². The molecule has 1 aliphatic heterocycles. The van der Waals surface area contributed by atoms with Gasteiger partial charge in [0.25, 0.3) is 5.91 Å². The molecule has 0 spiro atoms. The van der Waals surface area contributed by atoms with E-state index in [0.717, 1.165) is 29.6 Å². The van der Waals surface area contributed by atoms with Crippen LogP contribution in [0.4, 0.5) is 11.4 Å². The molecule has 0 saturated carbocycles. The van der Waals surface area contributed by atoms with Crippen LogP contribution in [-0.2, 0) is 0 Å². The average Bonchev–Trinajstić information content (AvgIpc) is 2.69. The third kappa shape index (κ3) is 3.16. The zero-order valence-corrected chi connectivity index (χ0v) is 14.6.